The summed E-state index contributed by atoms with van der Waals surface area (Å²) in [4.78, 5) is 13.8. The van der Waals surface area contributed by atoms with Crippen LogP contribution < -0.4 is 0 Å². The molecule has 3 atom stereocenters. The van der Waals surface area contributed by atoms with Crippen molar-refractivity contribution in [3.63, 3.8) is 0 Å². The van der Waals surface area contributed by atoms with Gasteiger partial charge in [0.2, 0.25) is 0 Å². The number of carboxylic acids is 1. The topological polar surface area (TPSA) is 81.0 Å². The lowest BCUT2D eigenvalue weighted by atomic mass is 9.70. The third kappa shape index (κ3) is 5.42. The lowest BCUT2D eigenvalue weighted by Crippen LogP contribution is -2.39. The number of carboxylic acid groups (broad SMARTS) is 1. The second-order valence-corrected chi connectivity index (χ2v) is 5.93. The van der Waals surface area contributed by atoms with Crippen LogP contribution in [0.15, 0.2) is 0 Å². The Morgan fingerprint density at radius 2 is 1.90 bits per heavy atom. The summed E-state index contributed by atoms with van der Waals surface area (Å²) in [5, 5.41) is 27.3. The molecule has 1 saturated carbocycles. The van der Waals surface area contributed by atoms with Gasteiger partial charge in [-0.05, 0) is 44.1 Å². The minimum atomic E-state index is -1.27. The molecular weight excluding hydrogens is 257 g/mol. The zero-order valence-electron chi connectivity index (χ0n) is 12.7. The molecule has 1 rings (SSSR count). The third-order valence-corrected chi connectivity index (χ3v) is 4.64. The predicted octanol–water partition coefficient (Wildman–Crippen LogP) is 1.31. The first-order chi connectivity index (χ1) is 9.47. The molecule has 0 aromatic carbocycles. The number of hydrogen-bond acceptors (Lipinski definition) is 4. The highest BCUT2D eigenvalue weighted by molar-refractivity contribution is 6.40. The van der Waals surface area contributed by atoms with E-state index < -0.39 is 13.1 Å². The van der Waals surface area contributed by atoms with Crippen molar-refractivity contribution in [3.8, 4) is 0 Å². The number of hydrogen-bond donors (Lipinski definition) is 3. The summed E-state index contributed by atoms with van der Waals surface area (Å²) in [5.74, 6) is -0.449. The highest BCUT2D eigenvalue weighted by atomic mass is 16.4. The minimum absolute atomic E-state index is 0.225. The van der Waals surface area contributed by atoms with Crippen LogP contribution in [-0.4, -0.2) is 52.8 Å². The molecule has 0 heterocycles. The first-order valence-electron chi connectivity index (χ1n) is 7.79. The second-order valence-electron chi connectivity index (χ2n) is 5.93. The van der Waals surface area contributed by atoms with Crippen molar-refractivity contribution in [2.75, 3.05) is 19.6 Å². The van der Waals surface area contributed by atoms with Gasteiger partial charge in [0.25, 0.3) is 0 Å². The maximum Gasteiger partial charge on any atom is 0.451 e. The summed E-state index contributed by atoms with van der Waals surface area (Å²) >= 11 is 0. The molecule has 0 aliphatic heterocycles. The summed E-state index contributed by atoms with van der Waals surface area (Å²) in [6.07, 6.45) is 3.66. The van der Waals surface area contributed by atoms with Crippen molar-refractivity contribution in [3.05, 3.63) is 0 Å². The predicted molar refractivity (Wildman–Crippen MR) is 79.4 cm³/mol. The van der Waals surface area contributed by atoms with Gasteiger partial charge in [-0.3, -0.25) is 4.79 Å². The van der Waals surface area contributed by atoms with E-state index in [1.807, 2.05) is 0 Å². The van der Waals surface area contributed by atoms with Crippen LogP contribution in [0.5, 0.6) is 0 Å². The Morgan fingerprint density at radius 1 is 1.25 bits per heavy atom. The molecule has 2 unspecified atom stereocenters. The summed E-state index contributed by atoms with van der Waals surface area (Å²) in [6.45, 7) is 6.99. The maximum atomic E-state index is 11.5. The van der Waals surface area contributed by atoms with E-state index >= 15 is 0 Å². The van der Waals surface area contributed by atoms with Gasteiger partial charge in [0, 0.05) is 6.54 Å². The van der Waals surface area contributed by atoms with Gasteiger partial charge in [0.05, 0.1) is 5.92 Å². The molecule has 1 fully saturated rings. The van der Waals surface area contributed by atoms with E-state index in [1.165, 1.54) is 0 Å². The van der Waals surface area contributed by atoms with Crippen LogP contribution in [0.1, 0.15) is 39.5 Å². The van der Waals surface area contributed by atoms with Gasteiger partial charge in [-0.2, -0.15) is 0 Å². The van der Waals surface area contributed by atoms with Crippen LogP contribution in [0.4, 0.5) is 0 Å². The Hall–Kier alpha value is -0.585. The van der Waals surface area contributed by atoms with E-state index in [1.54, 1.807) is 0 Å². The van der Waals surface area contributed by atoms with Gasteiger partial charge < -0.3 is 20.1 Å². The SMILES string of the molecule is CCN(CC)CC1CCC(CCB(O)O)C[C@@H]1C(=O)O. The highest BCUT2D eigenvalue weighted by Gasteiger charge is 2.35. The van der Waals surface area contributed by atoms with Crippen LogP contribution in [0, 0.1) is 17.8 Å². The molecule has 116 valence electrons. The first-order valence-corrected chi connectivity index (χ1v) is 7.79. The number of nitrogens with zero attached hydrogens (tertiary/aromatic N) is 1. The molecule has 0 saturated heterocycles. The average molecular weight is 285 g/mol. The van der Waals surface area contributed by atoms with Gasteiger partial charge in [0.1, 0.15) is 0 Å². The number of rotatable bonds is 8. The molecule has 0 spiro atoms. The molecule has 0 radical (unpaired) electrons. The van der Waals surface area contributed by atoms with Crippen molar-refractivity contribution >= 4 is 13.1 Å². The molecule has 20 heavy (non-hydrogen) atoms. The monoisotopic (exact) mass is 285 g/mol. The Kier molecular flexibility index (Phi) is 7.55. The van der Waals surface area contributed by atoms with E-state index in [2.05, 4.69) is 18.7 Å². The molecule has 0 bridgehead atoms. The van der Waals surface area contributed by atoms with E-state index in [0.717, 1.165) is 32.5 Å². The molecule has 0 amide bonds. The molecular formula is C14H28BNO4. The molecule has 3 N–H and O–H groups in total. The lowest BCUT2D eigenvalue weighted by Gasteiger charge is -2.36. The van der Waals surface area contributed by atoms with Crippen molar-refractivity contribution < 1.29 is 19.9 Å². The molecule has 0 aromatic heterocycles. The van der Waals surface area contributed by atoms with Crippen molar-refractivity contribution in [2.45, 2.75) is 45.9 Å². The number of carbonyl (C=O) groups is 1. The van der Waals surface area contributed by atoms with Crippen molar-refractivity contribution in [1.29, 1.82) is 0 Å². The molecule has 1 aliphatic carbocycles. The Morgan fingerprint density at radius 3 is 2.40 bits per heavy atom. The van der Waals surface area contributed by atoms with E-state index in [9.17, 15) is 9.90 Å². The lowest BCUT2D eigenvalue weighted by molar-refractivity contribution is -0.146. The van der Waals surface area contributed by atoms with Gasteiger partial charge in [-0.25, -0.2) is 0 Å². The van der Waals surface area contributed by atoms with E-state index in [0.29, 0.717) is 25.1 Å². The maximum absolute atomic E-state index is 11.5. The summed E-state index contributed by atoms with van der Waals surface area (Å²) in [7, 11) is -1.27. The van der Waals surface area contributed by atoms with Crippen LogP contribution in [0.25, 0.3) is 0 Å². The van der Waals surface area contributed by atoms with Crippen LogP contribution in [0.3, 0.4) is 0 Å². The van der Waals surface area contributed by atoms with Crippen molar-refractivity contribution in [1.82, 2.24) is 4.90 Å². The zero-order chi connectivity index (χ0) is 15.1. The van der Waals surface area contributed by atoms with Gasteiger partial charge in [-0.1, -0.05) is 26.7 Å². The van der Waals surface area contributed by atoms with E-state index in [4.69, 9.17) is 10.0 Å². The standard InChI is InChI=1S/C14H28BNO4/c1-3-16(4-2)10-12-6-5-11(7-8-15(19)20)9-13(12)14(17)18/h11-13,19-20H,3-10H2,1-2H3,(H,17,18)/t11?,12?,13-/m0/s1. The zero-order valence-corrected chi connectivity index (χ0v) is 12.7. The largest absolute Gasteiger partial charge is 0.481 e. The fourth-order valence-corrected chi connectivity index (χ4v) is 3.30. The Bertz CT molecular complexity index is 297. The highest BCUT2D eigenvalue weighted by Crippen LogP contribution is 2.37. The summed E-state index contributed by atoms with van der Waals surface area (Å²) < 4.78 is 0. The fourth-order valence-electron chi connectivity index (χ4n) is 3.30. The number of aliphatic carboxylic acids is 1. The first kappa shape index (κ1) is 17.5. The molecule has 5 nitrogen and oxygen atoms in total. The van der Waals surface area contributed by atoms with Crippen molar-refractivity contribution in [2.24, 2.45) is 17.8 Å². The quantitative estimate of drug-likeness (QED) is 0.586. The second kappa shape index (κ2) is 8.65. The Balaban J connectivity index is 2.55. The minimum Gasteiger partial charge on any atom is -0.481 e. The Labute approximate surface area is 122 Å². The smallest absolute Gasteiger partial charge is 0.451 e. The fraction of sp³-hybridized carbons (Fsp3) is 0.929. The van der Waals surface area contributed by atoms with Gasteiger partial charge in [0.15, 0.2) is 0 Å². The molecule has 1 aliphatic rings. The van der Waals surface area contributed by atoms with Crippen LogP contribution in [0.2, 0.25) is 6.32 Å². The van der Waals surface area contributed by atoms with E-state index in [-0.39, 0.29) is 11.8 Å². The van der Waals surface area contributed by atoms with Gasteiger partial charge >= 0.3 is 13.1 Å². The molecule has 0 aromatic rings. The van der Waals surface area contributed by atoms with Gasteiger partial charge in [-0.15, -0.1) is 0 Å². The normalized spacial score (nSPS) is 26.8. The molecule has 6 heteroatoms. The third-order valence-electron chi connectivity index (χ3n) is 4.64. The van der Waals surface area contributed by atoms with Crippen LogP contribution >= 0.6 is 0 Å². The summed E-state index contributed by atoms with van der Waals surface area (Å²) in [5.41, 5.74) is 0. The average Bonchev–Trinajstić information content (AvgIpc) is 2.42. The summed E-state index contributed by atoms with van der Waals surface area (Å²) in [6, 6.07) is 0. The van der Waals surface area contributed by atoms with Crippen LogP contribution in [-0.2, 0) is 4.79 Å².